The molecule has 6 aromatic carbocycles. The Labute approximate surface area is 573 Å². The van der Waals surface area contributed by atoms with E-state index in [1.807, 2.05) is 103 Å². The van der Waals surface area contributed by atoms with Gasteiger partial charge in [0, 0.05) is 120 Å². The van der Waals surface area contributed by atoms with E-state index in [1.54, 1.807) is 23.9 Å². The number of ether oxygens (including phenoxy) is 2. The van der Waals surface area contributed by atoms with E-state index in [2.05, 4.69) is 26.8 Å². The molecule has 0 aromatic heterocycles. The number of hydrogen-bond donors (Lipinski definition) is 1. The zero-order chi connectivity index (χ0) is 70.2. The van der Waals surface area contributed by atoms with Gasteiger partial charge in [0.15, 0.2) is 0 Å². The second-order valence-electron chi connectivity index (χ2n) is 27.3. The van der Waals surface area contributed by atoms with E-state index in [0.717, 1.165) is 84.8 Å². The summed E-state index contributed by atoms with van der Waals surface area (Å²) in [5, 5.41) is 10.4. The maximum absolute atomic E-state index is 14.3. The van der Waals surface area contributed by atoms with Gasteiger partial charge in [-0.15, -0.1) is 0 Å². The van der Waals surface area contributed by atoms with Crippen LogP contribution in [0.4, 0.5) is 46.9 Å². The maximum atomic E-state index is 14.3. The first-order valence-electron chi connectivity index (χ1n) is 34.3. The summed E-state index contributed by atoms with van der Waals surface area (Å²) in [6.45, 7) is 6.21. The van der Waals surface area contributed by atoms with Crippen LogP contribution in [0.15, 0.2) is 146 Å². The summed E-state index contributed by atoms with van der Waals surface area (Å²) >= 11 is 0. The molecule has 11 rings (SSSR count). The first kappa shape index (κ1) is 71.9. The molecule has 99 heavy (non-hydrogen) atoms. The highest BCUT2D eigenvalue weighted by Crippen LogP contribution is 2.49. The van der Waals surface area contributed by atoms with Crippen LogP contribution in [0.2, 0.25) is 0 Å². The molecule has 5 amide bonds. The zero-order valence-electron chi connectivity index (χ0n) is 56.3. The van der Waals surface area contributed by atoms with Crippen molar-refractivity contribution >= 4 is 41.1 Å². The number of likely N-dealkylation sites (tertiary alicyclic amines) is 2. The lowest BCUT2D eigenvalue weighted by molar-refractivity contribution is -0.143. The number of benzene rings is 6. The summed E-state index contributed by atoms with van der Waals surface area (Å²) in [6.07, 6.45) is -4.15. The van der Waals surface area contributed by atoms with Crippen molar-refractivity contribution in [3.05, 3.63) is 190 Å². The molecule has 4 fully saturated rings. The van der Waals surface area contributed by atoms with Crippen molar-refractivity contribution in [3.8, 4) is 11.1 Å². The minimum Gasteiger partial charge on any atom is -0.465 e. The Kier molecular flexibility index (Phi) is 22.5. The van der Waals surface area contributed by atoms with Crippen molar-refractivity contribution < 1.29 is 69.3 Å². The topological polar surface area (TPSA) is 150 Å². The van der Waals surface area contributed by atoms with Crippen LogP contribution < -0.4 is 9.80 Å². The second kappa shape index (κ2) is 31.0. The monoisotopic (exact) mass is 1370 g/mol. The van der Waals surface area contributed by atoms with Crippen LogP contribution in [0.1, 0.15) is 113 Å². The Morgan fingerprint density at radius 3 is 1.93 bits per heavy atom. The fourth-order valence-corrected chi connectivity index (χ4v) is 15.2. The number of halogens is 7. The largest absolute Gasteiger partial charge is 0.465 e. The smallest absolute Gasteiger partial charge is 0.416 e. The van der Waals surface area contributed by atoms with Crippen LogP contribution in [0.5, 0.6) is 0 Å². The van der Waals surface area contributed by atoms with E-state index in [-0.39, 0.29) is 55.5 Å². The normalized spacial score (nSPS) is 19.3. The van der Waals surface area contributed by atoms with E-state index in [0.29, 0.717) is 119 Å². The third-order valence-corrected chi connectivity index (χ3v) is 21.2. The number of alkyl halides is 6. The third kappa shape index (κ3) is 16.9. The fraction of sp³-hybridized carbons (Fsp3) is 0.461. The highest BCUT2D eigenvalue weighted by Gasteiger charge is 2.50. The highest BCUT2D eigenvalue weighted by molar-refractivity contribution is 5.96. The molecule has 1 spiro atoms. The molecule has 5 aliphatic rings. The predicted octanol–water partition coefficient (Wildman–Crippen LogP) is 12.9. The van der Waals surface area contributed by atoms with Crippen molar-refractivity contribution in [2.24, 2.45) is 5.92 Å². The minimum absolute atomic E-state index is 0.0276. The van der Waals surface area contributed by atoms with Gasteiger partial charge in [0.05, 0.1) is 29.5 Å². The van der Waals surface area contributed by atoms with E-state index in [1.165, 1.54) is 29.2 Å². The summed E-state index contributed by atoms with van der Waals surface area (Å²) in [5.41, 5.74) is 1.28. The van der Waals surface area contributed by atoms with E-state index in [9.17, 15) is 59.8 Å². The molecule has 528 valence electrons. The van der Waals surface area contributed by atoms with Gasteiger partial charge in [-0.1, -0.05) is 84.9 Å². The molecule has 23 heteroatoms. The summed E-state index contributed by atoms with van der Waals surface area (Å²) in [5.74, 6) is -1.35. The van der Waals surface area contributed by atoms with Crippen LogP contribution in [0.3, 0.4) is 0 Å². The highest BCUT2D eigenvalue weighted by atomic mass is 19.4. The number of nitrogens with zero attached hydrogens (tertiary/aromatic N) is 8. The van der Waals surface area contributed by atoms with E-state index in [4.69, 9.17) is 9.47 Å². The molecule has 0 radical (unpaired) electrons. The van der Waals surface area contributed by atoms with Gasteiger partial charge in [-0.05, 0) is 166 Å². The molecule has 6 aromatic rings. The molecule has 2 atom stereocenters. The number of piperidine rings is 3. The number of carbonyl (C=O) groups is 5. The lowest BCUT2D eigenvalue weighted by atomic mass is 9.72. The van der Waals surface area contributed by atoms with Gasteiger partial charge in [-0.2, -0.15) is 26.3 Å². The van der Waals surface area contributed by atoms with Crippen LogP contribution in [-0.2, 0) is 48.9 Å². The van der Waals surface area contributed by atoms with Crippen molar-refractivity contribution in [1.82, 2.24) is 29.4 Å². The van der Waals surface area contributed by atoms with E-state index < -0.39 is 64.6 Å². The molecule has 1 aliphatic carbocycles. The van der Waals surface area contributed by atoms with Gasteiger partial charge in [-0.3, -0.25) is 24.1 Å². The fourth-order valence-electron chi connectivity index (χ4n) is 15.2. The first-order valence-corrected chi connectivity index (χ1v) is 34.3. The van der Waals surface area contributed by atoms with Crippen molar-refractivity contribution in [3.63, 3.8) is 0 Å². The van der Waals surface area contributed by atoms with Crippen molar-refractivity contribution in [2.75, 3.05) is 123 Å². The summed E-state index contributed by atoms with van der Waals surface area (Å²) in [7, 11) is 5.35. The van der Waals surface area contributed by atoms with Crippen LogP contribution in [0.25, 0.3) is 11.1 Å². The lowest BCUT2D eigenvalue weighted by Gasteiger charge is -2.44. The average molecular weight is 1370 g/mol. The number of likely N-dealkylation sites (N-methyl/N-ethyl adjacent to an activating group) is 2. The maximum Gasteiger partial charge on any atom is 0.416 e. The summed E-state index contributed by atoms with van der Waals surface area (Å²) in [6, 6.07) is 39.5. The number of amides is 5. The summed E-state index contributed by atoms with van der Waals surface area (Å²) in [4.78, 5) is 81.8. The van der Waals surface area contributed by atoms with Crippen LogP contribution >= 0.6 is 0 Å². The molecule has 1 N–H and O–H groups in total. The molecule has 0 bridgehead atoms. The van der Waals surface area contributed by atoms with E-state index >= 15 is 0 Å². The number of anilines is 2. The zero-order valence-corrected chi connectivity index (χ0v) is 56.3. The third-order valence-electron chi connectivity index (χ3n) is 21.2. The SMILES string of the molecule is CN(CCN1CCC(N(C(=O)O)c2ccccc2-c2ccccc2)CC1)C(=O)CCC1CCN(c2ccc(C(=O)N(C)CCCN(C)C(=O)CO[C@H]3Cc4ccccc4C34CCN(CC[C@]3(c5ccc(F)cc5)CN(C(=O)c5cc(C(F)(F)F)cc(C(F)(F)F)c5)CO3)CC4)cc2)CC1. The molecular formula is C76H87F7N8O8. The Bertz CT molecular complexity index is 3750. The quantitative estimate of drug-likeness (QED) is 0.0611. The van der Waals surface area contributed by atoms with Gasteiger partial charge in [-0.25, -0.2) is 9.18 Å². The molecule has 4 saturated heterocycles. The van der Waals surface area contributed by atoms with Gasteiger partial charge in [0.1, 0.15) is 24.8 Å². The van der Waals surface area contributed by atoms with Gasteiger partial charge in [0.2, 0.25) is 11.8 Å². The molecule has 4 heterocycles. The Morgan fingerprint density at radius 2 is 1.26 bits per heavy atom. The first-order chi connectivity index (χ1) is 47.4. The lowest BCUT2D eigenvalue weighted by Crippen LogP contribution is -2.50. The molecule has 0 unspecified atom stereocenters. The number of hydrogen-bond acceptors (Lipinski definition) is 10. The minimum atomic E-state index is -5.15. The summed E-state index contributed by atoms with van der Waals surface area (Å²) < 4.78 is 110. The number of carboxylic acid groups (broad SMARTS) is 1. The second-order valence-corrected chi connectivity index (χ2v) is 27.3. The molecule has 16 nitrogen and oxygen atoms in total. The Hall–Kier alpha value is -8.38. The molecule has 0 saturated carbocycles. The predicted molar refractivity (Wildman–Crippen MR) is 363 cm³/mol. The standard InChI is InChI=1S/C76H87F7N8O8/c1-84(35-11-36-86(3)70(94)55-19-25-62(26-20-55)89-39-28-53(29-40-89)18-27-68(92)85(2)44-45-87-37-30-63(31-38-87)91(72(96)97)66-17-10-8-15-64(66)54-12-5-4-6-13-54)69(93)50-98-67-48-56-14-7-9-16-65(56)73(67)32-41-88(42-33-73)43-34-74(58-21-23-61(77)24-22-58)51-90(52-99-74)71(95)57-46-59(75(78,79)80)49-60(47-57)76(81,82)83/h4-10,12-17,19-26,46-47,49,53,63,67H,11,18,27-45,48,50-52H2,1-3H3,(H,96,97)/t67-,74+/m0/s1. The molecular weight excluding hydrogens is 1290 g/mol. The van der Waals surface area contributed by atoms with Crippen LogP contribution in [-0.4, -0.2) is 189 Å². The van der Waals surface area contributed by atoms with Gasteiger partial charge in [0.25, 0.3) is 11.8 Å². The van der Waals surface area contributed by atoms with Gasteiger partial charge >= 0.3 is 18.4 Å². The van der Waals surface area contributed by atoms with Gasteiger partial charge < -0.3 is 48.9 Å². The number of carbonyl (C=O) groups excluding carboxylic acids is 4. The number of fused-ring (bicyclic) bond motifs is 2. The number of rotatable bonds is 23. The van der Waals surface area contributed by atoms with Crippen LogP contribution in [0, 0.1) is 11.7 Å². The number of para-hydroxylation sites is 1. The average Bonchev–Trinajstić information content (AvgIpc) is 1.64. The van der Waals surface area contributed by atoms with Crippen molar-refractivity contribution in [1.29, 1.82) is 0 Å². The Morgan fingerprint density at radius 1 is 0.646 bits per heavy atom. The van der Waals surface area contributed by atoms with Crippen molar-refractivity contribution in [2.45, 2.75) is 106 Å². The molecule has 4 aliphatic heterocycles. The Balaban J connectivity index is 0.589.